The molecule has 0 bridgehead atoms. The number of aromatic nitrogens is 2. The van der Waals surface area contributed by atoms with E-state index in [2.05, 4.69) is 15.6 Å². The lowest BCUT2D eigenvalue weighted by Gasteiger charge is -2.30. The van der Waals surface area contributed by atoms with Crippen molar-refractivity contribution in [3.05, 3.63) is 64.8 Å². The van der Waals surface area contributed by atoms with Crippen LogP contribution in [0.1, 0.15) is 22.3 Å². The molecule has 0 radical (unpaired) electrons. The Bertz CT molecular complexity index is 1120. The summed E-state index contributed by atoms with van der Waals surface area (Å²) in [5.41, 5.74) is 4.64. The van der Waals surface area contributed by atoms with E-state index in [0.717, 1.165) is 47.7 Å². The van der Waals surface area contributed by atoms with Crippen LogP contribution in [0.25, 0.3) is 11.3 Å². The maximum atomic E-state index is 12.3. The summed E-state index contributed by atoms with van der Waals surface area (Å²) in [7, 11) is 0. The third-order valence-electron chi connectivity index (χ3n) is 5.37. The molecule has 30 heavy (non-hydrogen) atoms. The Hall–Kier alpha value is -3.16. The molecule has 3 aromatic rings. The van der Waals surface area contributed by atoms with Crippen LogP contribution in [-0.2, 0) is 6.42 Å². The van der Waals surface area contributed by atoms with E-state index < -0.39 is 6.23 Å². The Morgan fingerprint density at radius 1 is 1.20 bits per heavy atom. The molecule has 2 aliphatic heterocycles. The molecule has 1 amide bonds. The smallest absolute Gasteiger partial charge is 0.253 e. The Labute approximate surface area is 178 Å². The highest BCUT2D eigenvalue weighted by molar-refractivity contribution is 6.31. The van der Waals surface area contributed by atoms with Crippen molar-refractivity contribution in [3.8, 4) is 11.3 Å². The topological polar surface area (TPSA) is 90.4 Å². The summed E-state index contributed by atoms with van der Waals surface area (Å²) in [6.07, 6.45) is 2.43. The fraction of sp³-hybridized carbons (Fsp3) is 0.227. The summed E-state index contributed by atoms with van der Waals surface area (Å²) in [5.74, 6) is 0.503. The Morgan fingerprint density at radius 3 is 2.73 bits per heavy atom. The zero-order valence-electron chi connectivity index (χ0n) is 16.1. The minimum Gasteiger partial charge on any atom is -0.373 e. The Kier molecular flexibility index (Phi) is 4.77. The van der Waals surface area contributed by atoms with Crippen LogP contribution in [-0.4, -0.2) is 45.2 Å². The quantitative estimate of drug-likeness (QED) is 0.597. The SMILES string of the molecule is O=C(c1ccc(Nc2ncc3c(n2)-c2ccc(Cl)cc2NC(O)C3)cc1)N1CCC1. The van der Waals surface area contributed by atoms with Crippen molar-refractivity contribution in [2.45, 2.75) is 19.1 Å². The average molecular weight is 422 g/mol. The van der Waals surface area contributed by atoms with Gasteiger partial charge in [0.15, 0.2) is 0 Å². The Morgan fingerprint density at radius 2 is 2.00 bits per heavy atom. The van der Waals surface area contributed by atoms with Crippen LogP contribution in [0.15, 0.2) is 48.7 Å². The van der Waals surface area contributed by atoms with Crippen molar-refractivity contribution >= 4 is 34.8 Å². The number of benzene rings is 2. The summed E-state index contributed by atoms with van der Waals surface area (Å²) in [6, 6.07) is 12.8. The second-order valence-corrected chi connectivity index (χ2v) is 7.91. The van der Waals surface area contributed by atoms with E-state index in [-0.39, 0.29) is 5.91 Å². The first-order valence-corrected chi connectivity index (χ1v) is 10.2. The molecule has 1 saturated heterocycles. The van der Waals surface area contributed by atoms with Gasteiger partial charge in [-0.1, -0.05) is 11.6 Å². The molecule has 5 rings (SSSR count). The average Bonchev–Trinajstić information content (AvgIpc) is 2.82. The molecule has 1 unspecified atom stereocenters. The lowest BCUT2D eigenvalue weighted by molar-refractivity contribution is 0.0652. The number of nitrogens with one attached hydrogen (secondary N) is 2. The minimum atomic E-state index is -0.748. The number of likely N-dealkylation sites (tertiary alicyclic amines) is 1. The zero-order valence-corrected chi connectivity index (χ0v) is 16.9. The Balaban J connectivity index is 1.42. The second kappa shape index (κ2) is 7.59. The number of anilines is 3. The van der Waals surface area contributed by atoms with E-state index in [1.54, 1.807) is 18.3 Å². The van der Waals surface area contributed by atoms with Gasteiger partial charge in [0.05, 0.1) is 5.69 Å². The van der Waals surface area contributed by atoms with Crippen LogP contribution >= 0.6 is 11.6 Å². The van der Waals surface area contributed by atoms with Crippen LogP contribution < -0.4 is 10.6 Å². The molecular formula is C22H20ClN5O2. The third-order valence-corrected chi connectivity index (χ3v) is 5.60. The number of nitrogens with zero attached hydrogens (tertiary/aromatic N) is 3. The number of carbonyl (C=O) groups excluding carboxylic acids is 1. The van der Waals surface area contributed by atoms with Gasteiger partial charge in [0.25, 0.3) is 5.91 Å². The summed E-state index contributed by atoms with van der Waals surface area (Å²) in [6.45, 7) is 1.66. The van der Waals surface area contributed by atoms with Crippen LogP contribution in [0.4, 0.5) is 17.3 Å². The number of aliphatic hydroxyl groups excluding tert-OH is 1. The van der Waals surface area contributed by atoms with E-state index >= 15 is 0 Å². The molecule has 0 aliphatic carbocycles. The van der Waals surface area contributed by atoms with Gasteiger partial charge in [-0.05, 0) is 48.9 Å². The lowest BCUT2D eigenvalue weighted by atomic mass is 10.1. The molecule has 1 atom stereocenters. The first-order valence-electron chi connectivity index (χ1n) is 9.83. The predicted molar refractivity (Wildman–Crippen MR) is 116 cm³/mol. The molecule has 0 saturated carbocycles. The van der Waals surface area contributed by atoms with E-state index in [1.165, 1.54) is 0 Å². The number of amides is 1. The minimum absolute atomic E-state index is 0.0652. The highest BCUT2D eigenvalue weighted by Crippen LogP contribution is 2.35. The molecular weight excluding hydrogens is 402 g/mol. The number of hydrogen-bond donors (Lipinski definition) is 3. The highest BCUT2D eigenvalue weighted by atomic mass is 35.5. The molecule has 3 N–H and O–H groups in total. The van der Waals surface area contributed by atoms with Crippen molar-refractivity contribution in [3.63, 3.8) is 0 Å². The van der Waals surface area contributed by atoms with Gasteiger partial charge < -0.3 is 20.6 Å². The van der Waals surface area contributed by atoms with Crippen molar-refractivity contribution < 1.29 is 9.90 Å². The maximum Gasteiger partial charge on any atom is 0.253 e. The van der Waals surface area contributed by atoms with E-state index in [1.807, 2.05) is 35.2 Å². The summed E-state index contributed by atoms with van der Waals surface area (Å²) in [4.78, 5) is 23.2. The molecule has 0 spiro atoms. The van der Waals surface area contributed by atoms with Gasteiger partial charge >= 0.3 is 0 Å². The monoisotopic (exact) mass is 421 g/mol. The maximum absolute atomic E-state index is 12.3. The second-order valence-electron chi connectivity index (χ2n) is 7.47. The first-order chi connectivity index (χ1) is 14.6. The van der Waals surface area contributed by atoms with Crippen LogP contribution in [0.2, 0.25) is 5.02 Å². The highest BCUT2D eigenvalue weighted by Gasteiger charge is 2.22. The molecule has 1 aromatic heterocycles. The van der Waals surface area contributed by atoms with Crippen molar-refractivity contribution in [2.24, 2.45) is 0 Å². The van der Waals surface area contributed by atoms with Crippen molar-refractivity contribution in [2.75, 3.05) is 23.7 Å². The van der Waals surface area contributed by atoms with E-state index in [9.17, 15) is 9.90 Å². The summed E-state index contributed by atoms with van der Waals surface area (Å²) < 4.78 is 0. The van der Waals surface area contributed by atoms with Gasteiger partial charge in [-0.2, -0.15) is 0 Å². The molecule has 2 aromatic carbocycles. The van der Waals surface area contributed by atoms with Crippen molar-refractivity contribution in [1.29, 1.82) is 0 Å². The van der Waals surface area contributed by atoms with E-state index in [0.29, 0.717) is 23.0 Å². The molecule has 2 aliphatic rings. The van der Waals surface area contributed by atoms with Crippen LogP contribution in [0.5, 0.6) is 0 Å². The van der Waals surface area contributed by atoms with Gasteiger partial charge in [0, 0.05) is 58.8 Å². The fourth-order valence-corrected chi connectivity index (χ4v) is 3.83. The molecule has 3 heterocycles. The van der Waals surface area contributed by atoms with Crippen LogP contribution in [0, 0.1) is 0 Å². The largest absolute Gasteiger partial charge is 0.373 e. The lowest BCUT2D eigenvalue weighted by Crippen LogP contribution is -2.41. The van der Waals surface area contributed by atoms with Crippen molar-refractivity contribution in [1.82, 2.24) is 14.9 Å². The zero-order chi connectivity index (χ0) is 20.7. The first kappa shape index (κ1) is 18.8. The molecule has 1 fully saturated rings. The van der Waals surface area contributed by atoms with Gasteiger partial charge in [-0.3, -0.25) is 4.79 Å². The van der Waals surface area contributed by atoms with Gasteiger partial charge in [0.1, 0.15) is 6.23 Å². The van der Waals surface area contributed by atoms with Crippen LogP contribution in [0.3, 0.4) is 0 Å². The van der Waals surface area contributed by atoms with E-state index in [4.69, 9.17) is 16.6 Å². The van der Waals surface area contributed by atoms with Gasteiger partial charge in [0.2, 0.25) is 5.95 Å². The number of rotatable bonds is 3. The summed E-state index contributed by atoms with van der Waals surface area (Å²) >= 11 is 6.12. The molecule has 152 valence electrons. The molecule has 8 heteroatoms. The molecule has 7 nitrogen and oxygen atoms in total. The standard InChI is InChI=1S/C22H20ClN5O2/c23-15-4-7-17-18(11-15)26-19(29)10-14-12-24-22(27-20(14)17)25-16-5-2-13(3-6-16)21(30)28-8-1-9-28/h2-7,11-12,19,26,29H,1,8-10H2,(H,24,25,27). The number of aliphatic hydroxyl groups is 1. The van der Waals surface area contributed by atoms with Gasteiger partial charge in [-0.15, -0.1) is 0 Å². The number of halogens is 1. The number of hydrogen-bond acceptors (Lipinski definition) is 6. The third kappa shape index (κ3) is 3.58. The number of carbonyl (C=O) groups is 1. The summed E-state index contributed by atoms with van der Waals surface area (Å²) in [5, 5.41) is 17.1. The fourth-order valence-electron chi connectivity index (χ4n) is 3.66. The number of fused-ring (bicyclic) bond motifs is 3. The van der Waals surface area contributed by atoms with Gasteiger partial charge in [-0.25, -0.2) is 9.97 Å². The normalized spacial score (nSPS) is 17.1. The predicted octanol–water partition coefficient (Wildman–Crippen LogP) is 3.67.